The molecule has 1 fully saturated rings. The Morgan fingerprint density at radius 3 is 3.05 bits per heavy atom. The lowest BCUT2D eigenvalue weighted by Crippen LogP contribution is -2.41. The SMILES string of the molecule is CCCOc1cc(N(C)C2COCC2C(=O)O)ncn1. The molecule has 2 unspecified atom stereocenters. The van der Waals surface area contributed by atoms with Crippen LogP contribution in [0.3, 0.4) is 0 Å². The van der Waals surface area contributed by atoms with Crippen molar-refractivity contribution < 1.29 is 19.4 Å². The Kier molecular flexibility index (Phi) is 4.73. The third kappa shape index (κ3) is 3.16. The normalized spacial score (nSPS) is 21.7. The van der Waals surface area contributed by atoms with Gasteiger partial charge in [0.2, 0.25) is 5.88 Å². The van der Waals surface area contributed by atoms with Crippen LogP contribution in [0.2, 0.25) is 0 Å². The summed E-state index contributed by atoms with van der Waals surface area (Å²) in [7, 11) is 1.81. The fourth-order valence-electron chi connectivity index (χ4n) is 2.14. The summed E-state index contributed by atoms with van der Waals surface area (Å²) in [5.41, 5.74) is 0. The molecule has 0 aromatic carbocycles. The van der Waals surface area contributed by atoms with E-state index in [4.69, 9.17) is 9.47 Å². The molecular weight excluding hydrogens is 262 g/mol. The molecule has 110 valence electrons. The highest BCUT2D eigenvalue weighted by Crippen LogP contribution is 2.24. The molecule has 1 aliphatic rings. The molecule has 1 aliphatic heterocycles. The molecule has 1 N–H and O–H groups in total. The van der Waals surface area contributed by atoms with Crippen LogP contribution >= 0.6 is 0 Å². The number of nitrogens with zero attached hydrogens (tertiary/aromatic N) is 3. The first-order chi connectivity index (χ1) is 9.63. The van der Waals surface area contributed by atoms with E-state index in [0.29, 0.717) is 24.9 Å². The van der Waals surface area contributed by atoms with E-state index in [2.05, 4.69) is 9.97 Å². The molecule has 2 atom stereocenters. The average Bonchev–Trinajstić information content (AvgIpc) is 2.94. The maximum atomic E-state index is 11.2. The van der Waals surface area contributed by atoms with E-state index >= 15 is 0 Å². The van der Waals surface area contributed by atoms with Gasteiger partial charge in [0.25, 0.3) is 0 Å². The summed E-state index contributed by atoms with van der Waals surface area (Å²) in [4.78, 5) is 21.2. The number of hydrogen-bond donors (Lipinski definition) is 1. The summed E-state index contributed by atoms with van der Waals surface area (Å²) >= 11 is 0. The Bertz CT molecular complexity index is 469. The maximum absolute atomic E-state index is 11.2. The van der Waals surface area contributed by atoms with Gasteiger partial charge < -0.3 is 19.5 Å². The lowest BCUT2D eigenvalue weighted by molar-refractivity contribution is -0.141. The van der Waals surface area contributed by atoms with Gasteiger partial charge in [-0.25, -0.2) is 9.97 Å². The van der Waals surface area contributed by atoms with E-state index in [9.17, 15) is 9.90 Å². The van der Waals surface area contributed by atoms with Crippen LogP contribution in [-0.2, 0) is 9.53 Å². The van der Waals surface area contributed by atoms with Crippen LogP contribution in [0.1, 0.15) is 13.3 Å². The van der Waals surface area contributed by atoms with E-state index in [1.54, 1.807) is 13.1 Å². The summed E-state index contributed by atoms with van der Waals surface area (Å²) < 4.78 is 10.7. The zero-order valence-electron chi connectivity index (χ0n) is 11.7. The van der Waals surface area contributed by atoms with Gasteiger partial charge >= 0.3 is 5.97 Å². The lowest BCUT2D eigenvalue weighted by Gasteiger charge is -2.27. The number of hydrogen-bond acceptors (Lipinski definition) is 6. The molecule has 0 aliphatic carbocycles. The van der Waals surface area contributed by atoms with Gasteiger partial charge in [-0.05, 0) is 6.42 Å². The van der Waals surface area contributed by atoms with Crippen molar-refractivity contribution in [2.24, 2.45) is 5.92 Å². The second-order valence-corrected chi connectivity index (χ2v) is 4.72. The Balaban J connectivity index is 2.11. The van der Waals surface area contributed by atoms with Crippen molar-refractivity contribution >= 4 is 11.8 Å². The van der Waals surface area contributed by atoms with Crippen LogP contribution in [0.15, 0.2) is 12.4 Å². The van der Waals surface area contributed by atoms with Crippen LogP contribution < -0.4 is 9.64 Å². The summed E-state index contributed by atoms with van der Waals surface area (Å²) in [6.07, 6.45) is 2.31. The van der Waals surface area contributed by atoms with Crippen molar-refractivity contribution in [3.8, 4) is 5.88 Å². The van der Waals surface area contributed by atoms with Gasteiger partial charge in [0.05, 0.1) is 25.9 Å². The number of ether oxygens (including phenoxy) is 2. The lowest BCUT2D eigenvalue weighted by atomic mass is 10.0. The molecule has 0 saturated carbocycles. The molecule has 7 nitrogen and oxygen atoms in total. The number of carboxylic acid groups (broad SMARTS) is 1. The first-order valence-electron chi connectivity index (χ1n) is 6.61. The van der Waals surface area contributed by atoms with Gasteiger partial charge in [-0.3, -0.25) is 4.79 Å². The van der Waals surface area contributed by atoms with Crippen LogP contribution in [0.25, 0.3) is 0 Å². The zero-order valence-corrected chi connectivity index (χ0v) is 11.7. The van der Waals surface area contributed by atoms with Crippen molar-refractivity contribution in [2.75, 3.05) is 31.8 Å². The predicted molar refractivity (Wildman–Crippen MR) is 72.0 cm³/mol. The Morgan fingerprint density at radius 1 is 1.55 bits per heavy atom. The van der Waals surface area contributed by atoms with E-state index in [-0.39, 0.29) is 12.6 Å². The molecule has 0 amide bonds. The summed E-state index contributed by atoms with van der Waals surface area (Å²) in [5.74, 6) is -0.270. The minimum Gasteiger partial charge on any atom is -0.481 e. The highest BCUT2D eigenvalue weighted by Gasteiger charge is 2.37. The Labute approximate surface area is 117 Å². The molecule has 2 heterocycles. The number of carbonyl (C=O) groups is 1. The Hall–Kier alpha value is -1.89. The second kappa shape index (κ2) is 6.51. The van der Waals surface area contributed by atoms with Crippen LogP contribution in [0, 0.1) is 5.92 Å². The van der Waals surface area contributed by atoms with Gasteiger partial charge in [0.15, 0.2) is 0 Å². The maximum Gasteiger partial charge on any atom is 0.311 e. The third-order valence-corrected chi connectivity index (χ3v) is 3.31. The van der Waals surface area contributed by atoms with E-state index < -0.39 is 11.9 Å². The largest absolute Gasteiger partial charge is 0.481 e. The van der Waals surface area contributed by atoms with Crippen molar-refractivity contribution in [1.29, 1.82) is 0 Å². The number of carboxylic acids is 1. The minimum absolute atomic E-state index is 0.231. The molecule has 7 heteroatoms. The van der Waals surface area contributed by atoms with Crippen LogP contribution in [-0.4, -0.2) is 54.0 Å². The highest BCUT2D eigenvalue weighted by molar-refractivity contribution is 5.72. The standard InChI is InChI=1S/C13H19N3O4/c1-3-4-20-12-5-11(14-8-15-12)16(2)10-7-19-6-9(10)13(17)18/h5,8-10H,3-4,6-7H2,1-2H3,(H,17,18). The molecule has 20 heavy (non-hydrogen) atoms. The molecule has 1 aromatic heterocycles. The quantitative estimate of drug-likeness (QED) is 0.825. The molecular formula is C13H19N3O4. The first kappa shape index (κ1) is 14.5. The van der Waals surface area contributed by atoms with Gasteiger partial charge in [0.1, 0.15) is 18.1 Å². The van der Waals surface area contributed by atoms with Crippen LogP contribution in [0.4, 0.5) is 5.82 Å². The number of rotatable bonds is 6. The minimum atomic E-state index is -0.851. The van der Waals surface area contributed by atoms with Gasteiger partial charge in [-0.2, -0.15) is 0 Å². The van der Waals surface area contributed by atoms with Gasteiger partial charge in [-0.1, -0.05) is 6.92 Å². The summed E-state index contributed by atoms with van der Waals surface area (Å²) in [6, 6.07) is 1.48. The number of aromatic nitrogens is 2. The van der Waals surface area contributed by atoms with Crippen LogP contribution in [0.5, 0.6) is 5.88 Å². The monoisotopic (exact) mass is 281 g/mol. The fraction of sp³-hybridized carbons (Fsp3) is 0.615. The van der Waals surface area contributed by atoms with Crippen molar-refractivity contribution in [3.05, 3.63) is 12.4 Å². The molecule has 0 bridgehead atoms. The second-order valence-electron chi connectivity index (χ2n) is 4.72. The third-order valence-electron chi connectivity index (χ3n) is 3.31. The molecule has 0 radical (unpaired) electrons. The molecule has 1 aromatic rings. The van der Waals surface area contributed by atoms with E-state index in [1.807, 2.05) is 11.8 Å². The first-order valence-corrected chi connectivity index (χ1v) is 6.61. The van der Waals surface area contributed by atoms with E-state index in [0.717, 1.165) is 6.42 Å². The number of anilines is 1. The topological polar surface area (TPSA) is 84.8 Å². The molecule has 2 rings (SSSR count). The van der Waals surface area contributed by atoms with Gasteiger partial charge in [0, 0.05) is 13.1 Å². The number of likely N-dealkylation sites (N-methyl/N-ethyl adjacent to an activating group) is 1. The fourth-order valence-corrected chi connectivity index (χ4v) is 2.14. The summed E-state index contributed by atoms with van der Waals surface area (Å²) in [6.45, 7) is 3.21. The molecule has 1 saturated heterocycles. The molecule has 0 spiro atoms. The number of aliphatic carboxylic acids is 1. The van der Waals surface area contributed by atoms with E-state index in [1.165, 1.54) is 6.33 Å². The average molecular weight is 281 g/mol. The van der Waals surface area contributed by atoms with Crippen molar-refractivity contribution in [1.82, 2.24) is 9.97 Å². The van der Waals surface area contributed by atoms with Crippen molar-refractivity contribution in [3.63, 3.8) is 0 Å². The summed E-state index contributed by atoms with van der Waals surface area (Å²) in [5, 5.41) is 9.19. The Morgan fingerprint density at radius 2 is 2.35 bits per heavy atom. The van der Waals surface area contributed by atoms with Crippen molar-refractivity contribution in [2.45, 2.75) is 19.4 Å². The smallest absolute Gasteiger partial charge is 0.311 e. The zero-order chi connectivity index (χ0) is 14.5. The van der Waals surface area contributed by atoms with Gasteiger partial charge in [-0.15, -0.1) is 0 Å². The predicted octanol–water partition coefficient (Wildman–Crippen LogP) is 0.801. The highest BCUT2D eigenvalue weighted by atomic mass is 16.5.